The van der Waals surface area contributed by atoms with Gasteiger partial charge in [0.2, 0.25) is 11.8 Å². The molecule has 0 fully saturated rings. The van der Waals surface area contributed by atoms with Crippen molar-refractivity contribution in [2.75, 3.05) is 35.3 Å². The lowest BCUT2D eigenvalue weighted by molar-refractivity contribution is -0.122. The lowest BCUT2D eigenvalue weighted by Gasteiger charge is -2.31. The average molecular weight is 367 g/mol. The molecule has 0 aliphatic carbocycles. The van der Waals surface area contributed by atoms with Gasteiger partial charge in [0, 0.05) is 18.2 Å². The Labute approximate surface area is 157 Å². The molecule has 2 aliphatic rings. The largest absolute Gasteiger partial charge is 0.490 e. The highest BCUT2D eigenvalue weighted by atomic mass is 16.5. The Morgan fingerprint density at radius 3 is 2.78 bits per heavy atom. The minimum absolute atomic E-state index is 0.00298. The number of benzene rings is 2. The second kappa shape index (κ2) is 7.19. The fourth-order valence-electron chi connectivity index (χ4n) is 3.23. The van der Waals surface area contributed by atoms with Crippen LogP contribution in [0.15, 0.2) is 42.5 Å². The molecule has 1 atom stereocenters. The van der Waals surface area contributed by atoms with Gasteiger partial charge in [-0.2, -0.15) is 0 Å². The van der Waals surface area contributed by atoms with Crippen LogP contribution in [-0.2, 0) is 9.59 Å². The molecule has 0 saturated heterocycles. The van der Waals surface area contributed by atoms with Crippen LogP contribution in [0.1, 0.15) is 13.3 Å². The molecular weight excluding hydrogens is 346 g/mol. The molecular formula is C20H21N3O4. The number of para-hydroxylation sites is 2. The predicted molar refractivity (Wildman–Crippen MR) is 103 cm³/mol. The van der Waals surface area contributed by atoms with Gasteiger partial charge in [-0.3, -0.25) is 14.5 Å². The van der Waals surface area contributed by atoms with Gasteiger partial charge in [-0.05, 0) is 31.2 Å². The van der Waals surface area contributed by atoms with Gasteiger partial charge in [-0.25, -0.2) is 0 Å². The van der Waals surface area contributed by atoms with E-state index < -0.39 is 6.04 Å². The predicted octanol–water partition coefficient (Wildman–Crippen LogP) is 2.63. The van der Waals surface area contributed by atoms with Crippen LogP contribution in [-0.4, -0.2) is 37.6 Å². The zero-order valence-corrected chi connectivity index (χ0v) is 15.0. The van der Waals surface area contributed by atoms with Gasteiger partial charge in [0.1, 0.15) is 12.6 Å². The average Bonchev–Trinajstić information content (AvgIpc) is 2.91. The summed E-state index contributed by atoms with van der Waals surface area (Å²) in [5.41, 5.74) is 2.11. The van der Waals surface area contributed by atoms with Crippen LogP contribution in [0.2, 0.25) is 0 Å². The van der Waals surface area contributed by atoms with Gasteiger partial charge >= 0.3 is 0 Å². The summed E-state index contributed by atoms with van der Waals surface area (Å²) in [7, 11) is 0. The molecule has 140 valence electrons. The van der Waals surface area contributed by atoms with E-state index in [4.69, 9.17) is 9.47 Å². The van der Waals surface area contributed by atoms with Crippen molar-refractivity contribution >= 4 is 28.9 Å². The van der Waals surface area contributed by atoms with E-state index in [0.717, 1.165) is 12.1 Å². The van der Waals surface area contributed by atoms with E-state index in [0.29, 0.717) is 36.1 Å². The SMILES string of the molecule is CC(Nc1ccc2c(c1)OCCCO2)C(=O)N1CC(=O)Nc2ccccc21. The Balaban J connectivity index is 1.52. The Kier molecular flexibility index (Phi) is 4.58. The van der Waals surface area contributed by atoms with Crippen molar-refractivity contribution in [3.8, 4) is 11.5 Å². The monoisotopic (exact) mass is 367 g/mol. The highest BCUT2D eigenvalue weighted by Gasteiger charge is 2.29. The minimum Gasteiger partial charge on any atom is -0.490 e. The molecule has 2 aromatic rings. The first-order valence-corrected chi connectivity index (χ1v) is 8.98. The fraction of sp³-hybridized carbons (Fsp3) is 0.300. The van der Waals surface area contributed by atoms with E-state index in [1.807, 2.05) is 36.4 Å². The summed E-state index contributed by atoms with van der Waals surface area (Å²) in [4.78, 5) is 26.4. The van der Waals surface area contributed by atoms with Crippen molar-refractivity contribution in [1.82, 2.24) is 0 Å². The van der Waals surface area contributed by atoms with Gasteiger partial charge in [0.25, 0.3) is 0 Å². The Morgan fingerprint density at radius 2 is 1.93 bits per heavy atom. The molecule has 7 nitrogen and oxygen atoms in total. The number of ether oxygens (including phenoxy) is 2. The smallest absolute Gasteiger partial charge is 0.249 e. The van der Waals surface area contributed by atoms with Gasteiger partial charge in [-0.15, -0.1) is 0 Å². The summed E-state index contributed by atoms with van der Waals surface area (Å²) >= 11 is 0. The zero-order chi connectivity index (χ0) is 18.8. The number of hydrogen-bond acceptors (Lipinski definition) is 5. The third kappa shape index (κ3) is 3.53. The summed E-state index contributed by atoms with van der Waals surface area (Å²) in [6.07, 6.45) is 0.836. The Bertz CT molecular complexity index is 883. The van der Waals surface area contributed by atoms with E-state index in [-0.39, 0.29) is 18.4 Å². The number of carbonyl (C=O) groups excluding carboxylic acids is 2. The number of nitrogens with zero attached hydrogens (tertiary/aromatic N) is 1. The maximum absolute atomic E-state index is 13.0. The third-order valence-corrected chi connectivity index (χ3v) is 4.54. The van der Waals surface area contributed by atoms with Crippen LogP contribution in [0, 0.1) is 0 Å². The molecule has 0 spiro atoms. The second-order valence-corrected chi connectivity index (χ2v) is 6.57. The van der Waals surface area contributed by atoms with Crippen molar-refractivity contribution in [2.45, 2.75) is 19.4 Å². The highest BCUT2D eigenvalue weighted by molar-refractivity contribution is 6.11. The molecule has 2 aliphatic heterocycles. The molecule has 27 heavy (non-hydrogen) atoms. The van der Waals surface area contributed by atoms with Gasteiger partial charge in [0.05, 0.1) is 24.6 Å². The van der Waals surface area contributed by atoms with Crippen molar-refractivity contribution in [3.05, 3.63) is 42.5 Å². The standard InChI is InChI=1S/C20H21N3O4/c1-13(21-14-7-8-17-18(11-14)27-10-4-9-26-17)20(25)23-12-19(24)22-15-5-2-3-6-16(15)23/h2-3,5-8,11,13,21H,4,9-10,12H2,1H3,(H,22,24). The molecule has 0 saturated carbocycles. The van der Waals surface area contributed by atoms with Crippen molar-refractivity contribution in [1.29, 1.82) is 0 Å². The Hall–Kier alpha value is -3.22. The zero-order valence-electron chi connectivity index (χ0n) is 15.0. The van der Waals surface area contributed by atoms with Gasteiger partial charge in [-0.1, -0.05) is 12.1 Å². The lowest BCUT2D eigenvalue weighted by atomic mass is 10.1. The van der Waals surface area contributed by atoms with E-state index in [1.165, 1.54) is 4.90 Å². The van der Waals surface area contributed by atoms with Crippen LogP contribution < -0.4 is 25.0 Å². The first kappa shape index (κ1) is 17.2. The van der Waals surface area contributed by atoms with Crippen LogP contribution in [0.4, 0.5) is 17.1 Å². The second-order valence-electron chi connectivity index (χ2n) is 6.57. The lowest BCUT2D eigenvalue weighted by Crippen LogP contribution is -2.47. The highest BCUT2D eigenvalue weighted by Crippen LogP contribution is 2.33. The number of fused-ring (bicyclic) bond motifs is 2. The van der Waals surface area contributed by atoms with E-state index in [1.54, 1.807) is 13.0 Å². The van der Waals surface area contributed by atoms with E-state index in [9.17, 15) is 9.59 Å². The first-order valence-electron chi connectivity index (χ1n) is 8.98. The molecule has 2 N–H and O–H groups in total. The number of hydrogen-bond donors (Lipinski definition) is 2. The van der Waals surface area contributed by atoms with E-state index >= 15 is 0 Å². The molecule has 2 amide bonds. The summed E-state index contributed by atoms with van der Waals surface area (Å²) in [5.74, 6) is 0.993. The quantitative estimate of drug-likeness (QED) is 0.872. The molecule has 0 aromatic heterocycles. The maximum Gasteiger partial charge on any atom is 0.249 e. The van der Waals surface area contributed by atoms with Crippen LogP contribution in [0.5, 0.6) is 11.5 Å². The first-order chi connectivity index (χ1) is 13.1. The van der Waals surface area contributed by atoms with Gasteiger partial charge in [0.15, 0.2) is 11.5 Å². The van der Waals surface area contributed by atoms with E-state index in [2.05, 4.69) is 10.6 Å². The number of rotatable bonds is 3. The third-order valence-electron chi connectivity index (χ3n) is 4.54. The summed E-state index contributed by atoms with van der Waals surface area (Å²) in [6.45, 7) is 3.01. The summed E-state index contributed by atoms with van der Waals surface area (Å²) in [5, 5.41) is 5.99. The van der Waals surface area contributed by atoms with Crippen molar-refractivity contribution in [3.63, 3.8) is 0 Å². The number of nitrogens with one attached hydrogen (secondary N) is 2. The molecule has 2 aromatic carbocycles. The topological polar surface area (TPSA) is 79.9 Å². The fourth-order valence-corrected chi connectivity index (χ4v) is 3.23. The van der Waals surface area contributed by atoms with Crippen LogP contribution in [0.3, 0.4) is 0 Å². The molecule has 2 heterocycles. The number of anilines is 3. The molecule has 0 bridgehead atoms. The summed E-state index contributed by atoms with van der Waals surface area (Å²) < 4.78 is 11.3. The molecule has 1 unspecified atom stereocenters. The van der Waals surface area contributed by atoms with Gasteiger partial charge < -0.3 is 20.1 Å². The number of amides is 2. The molecule has 4 rings (SSSR count). The maximum atomic E-state index is 13.0. The van der Waals surface area contributed by atoms with Crippen molar-refractivity contribution in [2.24, 2.45) is 0 Å². The summed E-state index contributed by atoms with van der Waals surface area (Å²) in [6, 6.07) is 12.3. The normalized spacial score (nSPS) is 16.6. The minimum atomic E-state index is -0.520. The Morgan fingerprint density at radius 1 is 1.15 bits per heavy atom. The van der Waals surface area contributed by atoms with Crippen LogP contribution >= 0.6 is 0 Å². The molecule has 7 heteroatoms. The van der Waals surface area contributed by atoms with Crippen LogP contribution in [0.25, 0.3) is 0 Å². The van der Waals surface area contributed by atoms with Crippen molar-refractivity contribution < 1.29 is 19.1 Å². The number of carbonyl (C=O) groups is 2. The molecule has 0 radical (unpaired) electrons.